The maximum absolute atomic E-state index is 16.1. The number of hydrogen-bond acceptors (Lipinski definition) is 11. The summed E-state index contributed by atoms with van der Waals surface area (Å²) in [5, 5.41) is 9.55. The van der Waals surface area contributed by atoms with Crippen LogP contribution in [0.15, 0.2) is 77.9 Å². The zero-order valence-electron chi connectivity index (χ0n) is 39.1. The van der Waals surface area contributed by atoms with Crippen molar-refractivity contribution in [3.05, 3.63) is 112 Å². The van der Waals surface area contributed by atoms with E-state index in [0.717, 1.165) is 103 Å². The normalized spacial score (nSPS) is 19.3. The molecule has 15 nitrogen and oxygen atoms in total. The van der Waals surface area contributed by atoms with Crippen LogP contribution >= 0.6 is 0 Å². The van der Waals surface area contributed by atoms with Gasteiger partial charge in [-0.2, -0.15) is 0 Å². The molecule has 16 heteroatoms. The Kier molecular flexibility index (Phi) is 13.2. The number of imide groups is 1. The first kappa shape index (κ1) is 45.6. The van der Waals surface area contributed by atoms with E-state index in [-0.39, 0.29) is 35.1 Å². The van der Waals surface area contributed by atoms with Crippen molar-refractivity contribution in [3.8, 4) is 11.4 Å². The third-order valence-electron chi connectivity index (χ3n) is 14.4. The molecule has 4 aliphatic heterocycles. The van der Waals surface area contributed by atoms with Gasteiger partial charge < -0.3 is 29.7 Å². The molecule has 3 amide bonds. The molecule has 7 heterocycles. The predicted octanol–water partition coefficient (Wildman–Crippen LogP) is 5.96. The number of aromatic nitrogens is 3. The molecule has 3 N–H and O–H groups in total. The summed E-state index contributed by atoms with van der Waals surface area (Å²) in [6.45, 7) is 11.3. The van der Waals surface area contributed by atoms with Crippen molar-refractivity contribution >= 4 is 51.4 Å². The summed E-state index contributed by atoms with van der Waals surface area (Å²) in [7, 11) is 5.41. The second-order valence-corrected chi connectivity index (χ2v) is 18.4. The summed E-state index contributed by atoms with van der Waals surface area (Å²) in [5.74, 6) is 0.110. The molecule has 0 saturated carbocycles. The van der Waals surface area contributed by atoms with E-state index >= 15 is 4.39 Å². The average Bonchev–Trinajstić information content (AvgIpc) is 3.68. The Balaban J connectivity index is 0.766. The summed E-state index contributed by atoms with van der Waals surface area (Å²) in [6, 6.07) is 16.3. The van der Waals surface area contributed by atoms with Gasteiger partial charge >= 0.3 is 0 Å². The molecule has 0 unspecified atom stereocenters. The number of likely N-dealkylation sites (tertiary alicyclic amines) is 1. The highest BCUT2D eigenvalue weighted by Gasteiger charge is 2.31. The van der Waals surface area contributed by atoms with E-state index in [1.165, 1.54) is 6.07 Å². The number of amides is 3. The van der Waals surface area contributed by atoms with Gasteiger partial charge in [0.05, 0.1) is 18.5 Å². The van der Waals surface area contributed by atoms with Crippen molar-refractivity contribution in [2.75, 3.05) is 88.6 Å². The Bertz CT molecular complexity index is 2760. The first-order chi connectivity index (χ1) is 32.4. The van der Waals surface area contributed by atoms with E-state index in [9.17, 15) is 19.2 Å². The highest BCUT2D eigenvalue weighted by atomic mass is 19.1. The second kappa shape index (κ2) is 19.4. The smallest absolute Gasteiger partial charge is 0.257 e. The van der Waals surface area contributed by atoms with Gasteiger partial charge in [-0.3, -0.25) is 38.9 Å². The summed E-state index contributed by atoms with van der Waals surface area (Å²) in [6.07, 6.45) is 8.88. The topological polar surface area (TPSA) is 149 Å². The number of nitrogens with one attached hydrogen (secondary N) is 3. The van der Waals surface area contributed by atoms with Crippen molar-refractivity contribution in [2.24, 2.45) is 13.0 Å². The number of piperidine rings is 2. The van der Waals surface area contributed by atoms with Gasteiger partial charge in [-0.05, 0) is 99.0 Å². The largest absolute Gasteiger partial charge is 0.495 e. The van der Waals surface area contributed by atoms with Gasteiger partial charge in [0.25, 0.3) is 11.5 Å². The standard InChI is InChI=1S/C51H61FN10O5/c1-32-26-36(27-40(52)48(32)35-13-19-59(20-14-35)33(2)44-30-39-43(10-16-54-49(39)57(44)4)62-21-15-37(53-3)28-47(62)64)51(66)61-17-11-34(12-18-61)31-58-22-24-60(25-23-58)38-6-7-41(45(29-38)67-5)55-42-8-9-46(63)56-50(42)65/h6-7,10,13,15-16,21,26-30,33-34,42,53,55H,8-9,11-12,14,17-20,22-25,31H2,1-5H3,(H,56,63,65)/t33-,42-/m0/s1. The van der Waals surface area contributed by atoms with Crippen LogP contribution in [0, 0.1) is 18.7 Å². The van der Waals surface area contributed by atoms with Crippen LogP contribution in [-0.4, -0.2) is 126 Å². The number of carbonyl (C=O) groups excluding carboxylic acids is 3. The third-order valence-corrected chi connectivity index (χ3v) is 14.4. The number of piperazine rings is 1. The van der Waals surface area contributed by atoms with Crippen LogP contribution < -0.4 is 31.1 Å². The Labute approximate surface area is 390 Å². The summed E-state index contributed by atoms with van der Waals surface area (Å²) in [4.78, 5) is 64.5. The van der Waals surface area contributed by atoms with Gasteiger partial charge in [-0.15, -0.1) is 0 Å². The number of ether oxygens (including phenoxy) is 1. The second-order valence-electron chi connectivity index (χ2n) is 18.4. The maximum atomic E-state index is 16.1. The number of nitrogens with zero attached hydrogens (tertiary/aromatic N) is 7. The maximum Gasteiger partial charge on any atom is 0.257 e. The van der Waals surface area contributed by atoms with Crippen molar-refractivity contribution in [2.45, 2.75) is 58.0 Å². The van der Waals surface area contributed by atoms with Crippen LogP contribution in [0.5, 0.6) is 5.75 Å². The number of methoxy groups -OCH3 is 1. The van der Waals surface area contributed by atoms with Crippen LogP contribution in [0.25, 0.3) is 22.3 Å². The van der Waals surface area contributed by atoms with Crippen LogP contribution in [0.1, 0.15) is 72.2 Å². The van der Waals surface area contributed by atoms with E-state index < -0.39 is 6.04 Å². The van der Waals surface area contributed by atoms with Gasteiger partial charge in [0.2, 0.25) is 11.8 Å². The van der Waals surface area contributed by atoms with Crippen molar-refractivity contribution in [1.29, 1.82) is 0 Å². The minimum absolute atomic E-state index is 0.0350. The van der Waals surface area contributed by atoms with Crippen molar-refractivity contribution in [3.63, 3.8) is 0 Å². The Morgan fingerprint density at radius 2 is 1.75 bits per heavy atom. The molecular formula is C51H61FN10O5. The quantitative estimate of drug-likeness (QED) is 0.127. The number of carbonyl (C=O) groups is 3. The fraction of sp³-hybridized carbons (Fsp3) is 0.431. The van der Waals surface area contributed by atoms with Gasteiger partial charge in [-0.25, -0.2) is 9.37 Å². The molecule has 2 aromatic carbocycles. The third kappa shape index (κ3) is 9.41. The molecule has 2 atom stereocenters. The molecule has 4 aliphatic rings. The number of hydrogen-bond donors (Lipinski definition) is 3. The van der Waals surface area contributed by atoms with Crippen molar-refractivity contribution in [1.82, 2.24) is 34.1 Å². The van der Waals surface area contributed by atoms with Gasteiger partial charge in [0.1, 0.15) is 23.3 Å². The number of pyridine rings is 2. The molecule has 3 saturated heterocycles. The van der Waals surface area contributed by atoms with Gasteiger partial charge in [0, 0.05) is 144 Å². The molecule has 3 aromatic heterocycles. The first-order valence-corrected chi connectivity index (χ1v) is 23.5. The SMILES string of the molecule is CNc1ccn(-c2ccnc3c2cc([C@H](C)N2CC=C(c4c(C)cc(C(=O)N5CCC(CN6CCN(c7ccc(N[C@H]8CCC(=O)NC8=O)c(OC)c7)CC6)CC5)cc4F)CC2)n3C)c(=O)c1. The Morgan fingerprint density at radius 1 is 0.955 bits per heavy atom. The summed E-state index contributed by atoms with van der Waals surface area (Å²) < 4.78 is 25.5. The highest BCUT2D eigenvalue weighted by molar-refractivity contribution is 6.01. The number of fused-ring (bicyclic) bond motifs is 1. The van der Waals surface area contributed by atoms with Crippen LogP contribution in [0.2, 0.25) is 0 Å². The molecule has 67 heavy (non-hydrogen) atoms. The van der Waals surface area contributed by atoms with Crippen LogP contribution in [0.4, 0.5) is 21.5 Å². The lowest BCUT2D eigenvalue weighted by Gasteiger charge is -2.39. The molecule has 3 fully saturated rings. The summed E-state index contributed by atoms with van der Waals surface area (Å²) in [5.41, 5.74) is 7.78. The number of aryl methyl sites for hydroxylation is 2. The number of anilines is 3. The Hall–Kier alpha value is -6.52. The monoisotopic (exact) mass is 912 g/mol. The van der Waals surface area contributed by atoms with Gasteiger partial charge in [0.15, 0.2) is 0 Å². The molecular weight excluding hydrogens is 852 g/mol. The minimum atomic E-state index is -0.484. The minimum Gasteiger partial charge on any atom is -0.495 e. The number of halogens is 1. The zero-order chi connectivity index (χ0) is 46.9. The van der Waals surface area contributed by atoms with E-state index in [2.05, 4.69) is 59.3 Å². The fourth-order valence-corrected chi connectivity index (χ4v) is 10.5. The summed E-state index contributed by atoms with van der Waals surface area (Å²) >= 11 is 0. The van der Waals surface area contributed by atoms with E-state index in [1.54, 1.807) is 37.2 Å². The molecule has 352 valence electrons. The molecule has 0 radical (unpaired) electrons. The fourth-order valence-electron chi connectivity index (χ4n) is 10.5. The number of rotatable bonds is 12. The lowest BCUT2D eigenvalue weighted by molar-refractivity contribution is -0.133. The molecule has 0 bridgehead atoms. The highest BCUT2D eigenvalue weighted by Crippen LogP contribution is 2.35. The van der Waals surface area contributed by atoms with Gasteiger partial charge in [-0.1, -0.05) is 6.08 Å². The van der Waals surface area contributed by atoms with Crippen molar-refractivity contribution < 1.29 is 23.5 Å². The molecule has 5 aromatic rings. The molecule has 0 spiro atoms. The zero-order valence-corrected chi connectivity index (χ0v) is 39.1. The molecule has 9 rings (SSSR count). The first-order valence-electron chi connectivity index (χ1n) is 23.5. The van der Waals surface area contributed by atoms with Crippen LogP contribution in [-0.2, 0) is 16.6 Å². The van der Waals surface area contributed by atoms with E-state index in [4.69, 9.17) is 4.74 Å². The number of benzene rings is 2. The van der Waals surface area contributed by atoms with E-state index in [1.807, 2.05) is 55.3 Å². The Morgan fingerprint density at radius 3 is 2.43 bits per heavy atom. The lowest BCUT2D eigenvalue weighted by atomic mass is 9.92. The van der Waals surface area contributed by atoms with E-state index in [0.29, 0.717) is 61.7 Å². The average molecular weight is 913 g/mol. The lowest BCUT2D eigenvalue weighted by Crippen LogP contribution is -2.49. The predicted molar refractivity (Wildman–Crippen MR) is 260 cm³/mol. The molecule has 0 aliphatic carbocycles. The van der Waals surface area contributed by atoms with Crippen LogP contribution in [0.3, 0.4) is 0 Å².